The average Bonchev–Trinajstić information content (AvgIpc) is 2.91. The van der Waals surface area contributed by atoms with Crippen molar-refractivity contribution in [1.82, 2.24) is 10.3 Å². The predicted octanol–water partition coefficient (Wildman–Crippen LogP) is 2.57. The Balaban J connectivity index is 2.41. The van der Waals surface area contributed by atoms with E-state index in [1.807, 2.05) is 0 Å². The lowest BCUT2D eigenvalue weighted by Crippen LogP contribution is -2.51. The highest BCUT2D eigenvalue weighted by molar-refractivity contribution is 7.11. The number of carbonyl (C=O) groups is 2. The fraction of sp³-hybridized carbons (Fsp3) is 0.267. The Morgan fingerprint density at radius 1 is 1.33 bits per heavy atom. The van der Waals surface area contributed by atoms with Gasteiger partial charge in [0.05, 0.1) is 11.2 Å². The van der Waals surface area contributed by atoms with E-state index in [0.717, 1.165) is 0 Å². The van der Waals surface area contributed by atoms with Crippen LogP contribution in [-0.2, 0) is 10.3 Å². The highest BCUT2D eigenvalue weighted by atomic mass is 32.1. The Morgan fingerprint density at radius 2 is 2.00 bits per heavy atom. The molecule has 1 aromatic carbocycles. The first kappa shape index (κ1) is 15.2. The Hall–Kier alpha value is -2.21. The average molecular weight is 304 g/mol. The molecule has 1 unspecified atom stereocenters. The third-order valence-electron chi connectivity index (χ3n) is 3.44. The lowest BCUT2D eigenvalue weighted by Gasteiger charge is -2.29. The van der Waals surface area contributed by atoms with Gasteiger partial charge < -0.3 is 10.4 Å². The van der Waals surface area contributed by atoms with Crippen LogP contribution in [0.25, 0.3) is 0 Å². The molecule has 5 nitrogen and oxygen atoms in total. The van der Waals surface area contributed by atoms with Gasteiger partial charge in [-0.1, -0.05) is 37.3 Å². The van der Waals surface area contributed by atoms with Gasteiger partial charge in [0.1, 0.15) is 4.88 Å². The predicted molar refractivity (Wildman–Crippen MR) is 80.4 cm³/mol. The molecule has 1 aromatic heterocycles. The van der Waals surface area contributed by atoms with Gasteiger partial charge in [-0.05, 0) is 18.9 Å². The van der Waals surface area contributed by atoms with Gasteiger partial charge in [0, 0.05) is 0 Å². The van der Waals surface area contributed by atoms with Gasteiger partial charge in [-0.15, -0.1) is 11.3 Å². The molecular weight excluding hydrogens is 288 g/mol. The van der Waals surface area contributed by atoms with Gasteiger partial charge >= 0.3 is 5.97 Å². The van der Waals surface area contributed by atoms with E-state index in [-0.39, 0.29) is 6.42 Å². The zero-order valence-electron chi connectivity index (χ0n) is 11.8. The highest BCUT2D eigenvalue weighted by Gasteiger charge is 2.40. The summed E-state index contributed by atoms with van der Waals surface area (Å²) in [7, 11) is 0. The molecule has 1 amide bonds. The van der Waals surface area contributed by atoms with Crippen molar-refractivity contribution in [2.24, 2.45) is 0 Å². The molecule has 0 aliphatic heterocycles. The maximum absolute atomic E-state index is 12.4. The number of aromatic nitrogens is 1. The van der Waals surface area contributed by atoms with Crippen LogP contribution in [0.1, 0.15) is 34.3 Å². The van der Waals surface area contributed by atoms with E-state index in [2.05, 4.69) is 10.3 Å². The summed E-state index contributed by atoms with van der Waals surface area (Å²) in [5, 5.41) is 12.3. The number of aryl methyl sites for hydroxylation is 1. The first-order valence-corrected chi connectivity index (χ1v) is 7.40. The number of rotatable bonds is 5. The largest absolute Gasteiger partial charge is 0.479 e. The molecule has 110 valence electrons. The van der Waals surface area contributed by atoms with Crippen LogP contribution in [0, 0.1) is 6.92 Å². The van der Waals surface area contributed by atoms with Crippen LogP contribution in [0.15, 0.2) is 35.8 Å². The molecule has 0 aliphatic carbocycles. The molecule has 0 radical (unpaired) electrons. The molecule has 0 aliphatic rings. The number of amides is 1. The zero-order chi connectivity index (χ0) is 15.5. The quantitative estimate of drug-likeness (QED) is 0.890. The van der Waals surface area contributed by atoms with Crippen LogP contribution >= 0.6 is 11.3 Å². The van der Waals surface area contributed by atoms with Crippen molar-refractivity contribution in [1.29, 1.82) is 0 Å². The van der Waals surface area contributed by atoms with Gasteiger partial charge in [-0.2, -0.15) is 0 Å². The van der Waals surface area contributed by atoms with Crippen molar-refractivity contribution < 1.29 is 14.7 Å². The highest BCUT2D eigenvalue weighted by Crippen LogP contribution is 2.27. The van der Waals surface area contributed by atoms with Crippen LogP contribution in [0.3, 0.4) is 0 Å². The van der Waals surface area contributed by atoms with Crippen molar-refractivity contribution in [3.8, 4) is 0 Å². The van der Waals surface area contributed by atoms with E-state index in [1.54, 1.807) is 49.7 Å². The smallest absolute Gasteiger partial charge is 0.334 e. The lowest BCUT2D eigenvalue weighted by molar-refractivity contribution is -0.145. The summed E-state index contributed by atoms with van der Waals surface area (Å²) >= 11 is 1.20. The molecule has 0 spiro atoms. The standard InChI is InChI=1S/C15H16N2O3S/c1-3-15(14(19)20,11-7-5-4-6-8-11)17-13(18)12-10(2)16-9-21-12/h4-9H,3H2,1-2H3,(H,17,18)(H,19,20). The van der Waals surface area contributed by atoms with E-state index >= 15 is 0 Å². The van der Waals surface area contributed by atoms with Gasteiger partial charge in [0.2, 0.25) is 0 Å². The van der Waals surface area contributed by atoms with Crippen LogP contribution in [0.2, 0.25) is 0 Å². The Kier molecular flexibility index (Phi) is 4.37. The van der Waals surface area contributed by atoms with E-state index in [9.17, 15) is 14.7 Å². The topological polar surface area (TPSA) is 79.3 Å². The monoisotopic (exact) mass is 304 g/mol. The molecule has 21 heavy (non-hydrogen) atoms. The number of nitrogens with zero attached hydrogens (tertiary/aromatic N) is 1. The number of hydrogen-bond acceptors (Lipinski definition) is 4. The summed E-state index contributed by atoms with van der Waals surface area (Å²) in [4.78, 5) is 28.6. The van der Waals surface area contributed by atoms with Crippen LogP contribution in [0.4, 0.5) is 0 Å². The SMILES string of the molecule is CCC(NC(=O)c1scnc1C)(C(=O)O)c1ccccc1. The van der Waals surface area contributed by atoms with E-state index < -0.39 is 17.4 Å². The minimum Gasteiger partial charge on any atom is -0.479 e. The molecule has 1 atom stereocenters. The molecule has 2 rings (SSSR count). The number of hydrogen-bond donors (Lipinski definition) is 2. The Bertz CT molecular complexity index is 654. The maximum Gasteiger partial charge on any atom is 0.334 e. The summed E-state index contributed by atoms with van der Waals surface area (Å²) in [6.45, 7) is 3.46. The van der Waals surface area contributed by atoms with Crippen LogP contribution < -0.4 is 5.32 Å². The minimum absolute atomic E-state index is 0.246. The van der Waals surface area contributed by atoms with Crippen molar-refractivity contribution >= 4 is 23.2 Å². The summed E-state index contributed by atoms with van der Waals surface area (Å²) in [6, 6.07) is 8.73. The third kappa shape index (κ3) is 2.80. The normalized spacial score (nSPS) is 13.4. The molecule has 0 saturated carbocycles. The van der Waals surface area contributed by atoms with Crippen molar-refractivity contribution in [2.75, 3.05) is 0 Å². The van der Waals surface area contributed by atoms with E-state index in [1.165, 1.54) is 11.3 Å². The molecule has 2 N–H and O–H groups in total. The first-order chi connectivity index (χ1) is 10.0. The second-order valence-corrected chi connectivity index (χ2v) is 5.51. The number of thiazole rings is 1. The molecule has 0 saturated heterocycles. The Morgan fingerprint density at radius 3 is 2.48 bits per heavy atom. The number of nitrogens with one attached hydrogen (secondary N) is 1. The summed E-state index contributed by atoms with van der Waals surface area (Å²) in [5.74, 6) is -1.49. The fourth-order valence-corrected chi connectivity index (χ4v) is 2.88. The molecule has 0 fully saturated rings. The summed E-state index contributed by atoms with van der Waals surface area (Å²) in [6.07, 6.45) is 0.246. The molecule has 6 heteroatoms. The van der Waals surface area contributed by atoms with Crippen molar-refractivity contribution in [3.63, 3.8) is 0 Å². The molecule has 2 aromatic rings. The summed E-state index contributed by atoms with van der Waals surface area (Å²) < 4.78 is 0. The fourth-order valence-electron chi connectivity index (χ4n) is 2.19. The molecular formula is C15H16N2O3S. The second kappa shape index (κ2) is 6.05. The second-order valence-electron chi connectivity index (χ2n) is 4.65. The number of carboxylic acid groups (broad SMARTS) is 1. The van der Waals surface area contributed by atoms with Gasteiger partial charge in [0.25, 0.3) is 5.91 Å². The number of benzene rings is 1. The van der Waals surface area contributed by atoms with Crippen molar-refractivity contribution in [3.05, 3.63) is 52.0 Å². The van der Waals surface area contributed by atoms with Crippen molar-refractivity contribution in [2.45, 2.75) is 25.8 Å². The molecule has 1 heterocycles. The van der Waals surface area contributed by atoms with Gasteiger partial charge in [-0.25, -0.2) is 9.78 Å². The number of aliphatic carboxylic acids is 1. The Labute approximate surface area is 126 Å². The lowest BCUT2D eigenvalue weighted by atomic mass is 9.87. The van der Waals surface area contributed by atoms with E-state index in [0.29, 0.717) is 16.1 Å². The third-order valence-corrected chi connectivity index (χ3v) is 4.37. The number of carboxylic acids is 1. The number of carbonyl (C=O) groups excluding carboxylic acids is 1. The zero-order valence-corrected chi connectivity index (χ0v) is 12.6. The maximum atomic E-state index is 12.4. The minimum atomic E-state index is -1.44. The van der Waals surface area contributed by atoms with Gasteiger partial charge in [-0.3, -0.25) is 4.79 Å². The van der Waals surface area contributed by atoms with Crippen LogP contribution in [-0.4, -0.2) is 22.0 Å². The van der Waals surface area contributed by atoms with E-state index in [4.69, 9.17) is 0 Å². The first-order valence-electron chi connectivity index (χ1n) is 6.52. The van der Waals surface area contributed by atoms with Crippen LogP contribution in [0.5, 0.6) is 0 Å². The van der Waals surface area contributed by atoms with Gasteiger partial charge in [0.15, 0.2) is 5.54 Å². The molecule has 0 bridgehead atoms. The summed E-state index contributed by atoms with van der Waals surface area (Å²) in [5.41, 5.74) is 1.28.